The maximum absolute atomic E-state index is 11.4. The summed E-state index contributed by atoms with van der Waals surface area (Å²) >= 11 is 0. The molecule has 0 aromatic carbocycles. The minimum atomic E-state index is -1.10. The smallest absolute Gasteiger partial charge is 0.408 e. The van der Waals surface area contributed by atoms with Crippen molar-refractivity contribution in [2.24, 2.45) is 0 Å². The molecule has 6 heteroatoms. The van der Waals surface area contributed by atoms with Crippen LogP contribution in [0.4, 0.5) is 4.79 Å². The van der Waals surface area contributed by atoms with Gasteiger partial charge in [-0.15, -0.1) is 0 Å². The second-order valence-corrected chi connectivity index (χ2v) is 5.25. The van der Waals surface area contributed by atoms with E-state index in [1.807, 2.05) is 13.8 Å². The summed E-state index contributed by atoms with van der Waals surface area (Å²) < 4.78 is 10.2. The van der Waals surface area contributed by atoms with Crippen molar-refractivity contribution in [1.82, 2.24) is 5.32 Å². The van der Waals surface area contributed by atoms with Crippen LogP contribution in [0.25, 0.3) is 0 Å². The molecule has 0 fully saturated rings. The Morgan fingerprint density at radius 3 is 2.22 bits per heavy atom. The molecule has 0 aliphatic carbocycles. The Labute approximate surface area is 108 Å². The van der Waals surface area contributed by atoms with Gasteiger partial charge >= 0.3 is 12.1 Å². The van der Waals surface area contributed by atoms with E-state index >= 15 is 0 Å². The summed E-state index contributed by atoms with van der Waals surface area (Å²) in [5.74, 6) is -1.10. The zero-order chi connectivity index (χ0) is 14.3. The van der Waals surface area contributed by atoms with Gasteiger partial charge in [-0.05, 0) is 34.6 Å². The number of carbonyl (C=O) groups is 2. The highest BCUT2D eigenvalue weighted by molar-refractivity contribution is 5.79. The highest BCUT2D eigenvalue weighted by atomic mass is 16.6. The van der Waals surface area contributed by atoms with Crippen LogP contribution in [0.5, 0.6) is 0 Å². The molecule has 0 saturated heterocycles. The predicted octanol–water partition coefficient (Wildman–Crippen LogP) is 1.78. The van der Waals surface area contributed by atoms with Crippen molar-refractivity contribution in [3.63, 3.8) is 0 Å². The Hall–Kier alpha value is -1.30. The molecule has 0 aliphatic heterocycles. The molecule has 0 heterocycles. The van der Waals surface area contributed by atoms with Crippen molar-refractivity contribution >= 4 is 12.1 Å². The minimum Gasteiger partial charge on any atom is -0.480 e. The number of hydrogen-bond donors (Lipinski definition) is 2. The van der Waals surface area contributed by atoms with Gasteiger partial charge in [0.25, 0.3) is 0 Å². The van der Waals surface area contributed by atoms with Crippen LogP contribution in [0.3, 0.4) is 0 Å². The van der Waals surface area contributed by atoms with Crippen molar-refractivity contribution in [1.29, 1.82) is 0 Å². The monoisotopic (exact) mass is 261 g/mol. The number of carboxylic acids is 1. The lowest BCUT2D eigenvalue weighted by Gasteiger charge is -2.22. The maximum atomic E-state index is 11.4. The number of ether oxygens (including phenoxy) is 2. The number of rotatable bonds is 6. The van der Waals surface area contributed by atoms with Crippen molar-refractivity contribution in [3.8, 4) is 0 Å². The van der Waals surface area contributed by atoms with Gasteiger partial charge < -0.3 is 19.9 Å². The van der Waals surface area contributed by atoms with Gasteiger partial charge in [-0.3, -0.25) is 0 Å². The number of nitrogens with one attached hydrogen (secondary N) is 1. The quantitative estimate of drug-likeness (QED) is 0.761. The van der Waals surface area contributed by atoms with E-state index < -0.39 is 23.7 Å². The molecule has 2 N–H and O–H groups in total. The highest BCUT2D eigenvalue weighted by Crippen LogP contribution is 2.07. The van der Waals surface area contributed by atoms with Gasteiger partial charge in [0.15, 0.2) is 0 Å². The van der Waals surface area contributed by atoms with Crippen LogP contribution in [-0.2, 0) is 14.3 Å². The molecule has 1 unspecified atom stereocenters. The lowest BCUT2D eigenvalue weighted by Crippen LogP contribution is -2.44. The molecular formula is C12H23NO5. The van der Waals surface area contributed by atoms with Gasteiger partial charge in [0.1, 0.15) is 11.6 Å². The van der Waals surface area contributed by atoms with Gasteiger partial charge in [0.2, 0.25) is 0 Å². The molecular weight excluding hydrogens is 238 g/mol. The van der Waals surface area contributed by atoms with Gasteiger partial charge in [-0.2, -0.15) is 0 Å². The first-order valence-corrected chi connectivity index (χ1v) is 5.95. The molecule has 0 spiro atoms. The van der Waals surface area contributed by atoms with E-state index in [0.717, 1.165) is 0 Å². The Balaban J connectivity index is 4.19. The van der Waals surface area contributed by atoms with E-state index in [-0.39, 0.29) is 19.1 Å². The van der Waals surface area contributed by atoms with Crippen LogP contribution in [0, 0.1) is 0 Å². The van der Waals surface area contributed by atoms with Crippen LogP contribution in [-0.4, -0.2) is 41.5 Å². The summed E-state index contributed by atoms with van der Waals surface area (Å²) in [4.78, 5) is 22.4. The fraction of sp³-hybridized carbons (Fsp3) is 0.833. The van der Waals surface area contributed by atoms with Gasteiger partial charge in [0, 0.05) is 13.0 Å². The lowest BCUT2D eigenvalue weighted by molar-refractivity contribution is -0.140. The number of amides is 1. The third-order valence-corrected chi connectivity index (χ3v) is 1.85. The van der Waals surface area contributed by atoms with E-state index in [2.05, 4.69) is 5.32 Å². The third kappa shape index (κ3) is 8.81. The molecule has 0 radical (unpaired) electrons. The summed E-state index contributed by atoms with van der Waals surface area (Å²) in [6.07, 6.45) is -0.507. The van der Waals surface area contributed by atoms with Crippen molar-refractivity contribution in [2.75, 3.05) is 6.61 Å². The molecule has 0 saturated carbocycles. The first kappa shape index (κ1) is 16.7. The molecule has 106 valence electrons. The predicted molar refractivity (Wildman–Crippen MR) is 66.5 cm³/mol. The topological polar surface area (TPSA) is 84.9 Å². The molecule has 1 amide bonds. The molecule has 0 rings (SSSR count). The standard InChI is InChI=1S/C12H23NO5/c1-8(2)17-7-6-9(10(14)15)13-11(16)18-12(3,4)5/h8-9H,6-7H2,1-5H3,(H,13,16)(H,14,15). The van der Waals surface area contributed by atoms with E-state index in [0.29, 0.717) is 0 Å². The second kappa shape index (κ2) is 7.20. The molecule has 18 heavy (non-hydrogen) atoms. The van der Waals surface area contributed by atoms with Crippen molar-refractivity contribution in [2.45, 2.75) is 58.8 Å². The average molecular weight is 261 g/mol. The zero-order valence-corrected chi connectivity index (χ0v) is 11.6. The van der Waals surface area contributed by atoms with E-state index in [1.54, 1.807) is 20.8 Å². The second-order valence-electron chi connectivity index (χ2n) is 5.25. The van der Waals surface area contributed by atoms with Crippen LogP contribution >= 0.6 is 0 Å². The SMILES string of the molecule is CC(C)OCCC(NC(=O)OC(C)(C)C)C(=O)O. The summed E-state index contributed by atoms with van der Waals surface area (Å²) in [6, 6.07) is -1.00. The Bertz CT molecular complexity index is 283. The van der Waals surface area contributed by atoms with Crippen LogP contribution < -0.4 is 5.32 Å². The van der Waals surface area contributed by atoms with Crippen LogP contribution in [0.15, 0.2) is 0 Å². The van der Waals surface area contributed by atoms with Crippen LogP contribution in [0.1, 0.15) is 41.0 Å². The van der Waals surface area contributed by atoms with Crippen molar-refractivity contribution in [3.05, 3.63) is 0 Å². The summed E-state index contributed by atoms with van der Waals surface area (Å²) in [5, 5.41) is 11.3. The Morgan fingerprint density at radius 1 is 1.28 bits per heavy atom. The normalized spacial score (nSPS) is 13.2. The van der Waals surface area contributed by atoms with E-state index in [1.165, 1.54) is 0 Å². The van der Waals surface area contributed by atoms with Gasteiger partial charge in [0.05, 0.1) is 6.10 Å². The molecule has 0 aromatic rings. The molecule has 6 nitrogen and oxygen atoms in total. The fourth-order valence-electron chi connectivity index (χ4n) is 1.13. The molecule has 1 atom stereocenters. The lowest BCUT2D eigenvalue weighted by atomic mass is 10.2. The number of alkyl carbamates (subject to hydrolysis) is 1. The number of carboxylic acid groups (broad SMARTS) is 1. The van der Waals surface area contributed by atoms with E-state index in [9.17, 15) is 9.59 Å². The minimum absolute atomic E-state index is 0.0287. The summed E-state index contributed by atoms with van der Waals surface area (Å²) in [5.41, 5.74) is -0.651. The molecule has 0 aliphatic rings. The fourth-order valence-corrected chi connectivity index (χ4v) is 1.13. The van der Waals surface area contributed by atoms with Crippen LogP contribution in [0.2, 0.25) is 0 Å². The van der Waals surface area contributed by atoms with Gasteiger partial charge in [-0.1, -0.05) is 0 Å². The van der Waals surface area contributed by atoms with Gasteiger partial charge in [-0.25, -0.2) is 9.59 Å². The zero-order valence-electron chi connectivity index (χ0n) is 11.6. The number of carbonyl (C=O) groups excluding carboxylic acids is 1. The third-order valence-electron chi connectivity index (χ3n) is 1.85. The summed E-state index contributed by atoms with van der Waals surface area (Å²) in [7, 11) is 0. The van der Waals surface area contributed by atoms with E-state index in [4.69, 9.17) is 14.6 Å². The first-order valence-electron chi connectivity index (χ1n) is 5.95. The number of hydrogen-bond acceptors (Lipinski definition) is 4. The highest BCUT2D eigenvalue weighted by Gasteiger charge is 2.23. The summed E-state index contributed by atoms with van der Waals surface area (Å²) in [6.45, 7) is 9.12. The maximum Gasteiger partial charge on any atom is 0.408 e. The first-order chi connectivity index (χ1) is 8.11. The Morgan fingerprint density at radius 2 is 1.83 bits per heavy atom. The van der Waals surface area contributed by atoms with Crippen molar-refractivity contribution < 1.29 is 24.2 Å². The number of aliphatic carboxylic acids is 1. The molecule has 0 bridgehead atoms. The Kier molecular flexibility index (Phi) is 6.68. The molecule has 0 aromatic heterocycles. The largest absolute Gasteiger partial charge is 0.480 e. The average Bonchev–Trinajstić information content (AvgIpc) is 2.12.